The molecule has 8 nitrogen and oxygen atoms in total. The van der Waals surface area contributed by atoms with Gasteiger partial charge in [-0.25, -0.2) is 4.98 Å². The number of amides is 2. The summed E-state index contributed by atoms with van der Waals surface area (Å²) in [5.41, 5.74) is 5.57. The van der Waals surface area contributed by atoms with Gasteiger partial charge in [0, 0.05) is 68.4 Å². The van der Waals surface area contributed by atoms with E-state index >= 15 is 0 Å². The van der Waals surface area contributed by atoms with Crippen LogP contribution in [-0.2, 0) is 22.5 Å². The highest BCUT2D eigenvalue weighted by Gasteiger charge is 2.29. The lowest BCUT2D eigenvalue weighted by Gasteiger charge is -2.33. The Morgan fingerprint density at radius 3 is 2.69 bits per heavy atom. The SMILES string of the molecule is COCCCn1c([C@@H]2CCCN(C(=O)C[C@H](C)Cc3ccc(-c4ccc(C(=O)NCCO)cc4Cl)cc3)C2)nc2ccccc21. The van der Waals surface area contributed by atoms with Gasteiger partial charge in [0.2, 0.25) is 5.91 Å². The van der Waals surface area contributed by atoms with Crippen molar-refractivity contribution < 1.29 is 19.4 Å². The number of piperidine rings is 1. The van der Waals surface area contributed by atoms with Crippen molar-refractivity contribution in [2.75, 3.05) is 40.0 Å². The number of aryl methyl sites for hydroxylation is 1. The van der Waals surface area contributed by atoms with Gasteiger partial charge in [-0.05, 0) is 67.0 Å². The number of hydrogen-bond acceptors (Lipinski definition) is 5. The number of imidazole rings is 1. The Morgan fingerprint density at radius 1 is 1.13 bits per heavy atom. The summed E-state index contributed by atoms with van der Waals surface area (Å²) >= 11 is 6.52. The number of methoxy groups -OCH3 is 1. The number of aliphatic hydroxyl groups excluding tert-OH is 1. The average molecular weight is 631 g/mol. The fourth-order valence-corrected chi connectivity index (χ4v) is 6.60. The summed E-state index contributed by atoms with van der Waals surface area (Å²) < 4.78 is 7.64. The molecule has 1 aliphatic rings. The van der Waals surface area contributed by atoms with Gasteiger partial charge in [-0.15, -0.1) is 0 Å². The maximum atomic E-state index is 13.5. The molecular weight excluding hydrogens is 588 g/mol. The van der Waals surface area contributed by atoms with E-state index in [1.54, 1.807) is 19.2 Å². The van der Waals surface area contributed by atoms with E-state index in [1.807, 2.05) is 29.2 Å². The fourth-order valence-electron chi connectivity index (χ4n) is 6.31. The number of aromatic nitrogens is 2. The Hall–Kier alpha value is -3.72. The maximum absolute atomic E-state index is 13.5. The van der Waals surface area contributed by atoms with E-state index in [-0.39, 0.29) is 36.8 Å². The highest BCUT2D eigenvalue weighted by atomic mass is 35.5. The van der Waals surface area contributed by atoms with Crippen molar-refractivity contribution in [1.29, 1.82) is 0 Å². The topological polar surface area (TPSA) is 96.7 Å². The second-order valence-electron chi connectivity index (χ2n) is 12.0. The minimum Gasteiger partial charge on any atom is -0.395 e. The second-order valence-corrected chi connectivity index (χ2v) is 12.4. The van der Waals surface area contributed by atoms with Crippen molar-refractivity contribution in [2.24, 2.45) is 5.92 Å². The van der Waals surface area contributed by atoms with Crippen LogP contribution in [0, 0.1) is 5.92 Å². The summed E-state index contributed by atoms with van der Waals surface area (Å²) in [6.07, 6.45) is 4.23. The molecule has 0 aliphatic carbocycles. The van der Waals surface area contributed by atoms with E-state index in [2.05, 4.69) is 47.1 Å². The van der Waals surface area contributed by atoms with Crippen LogP contribution in [0.1, 0.15) is 60.3 Å². The van der Waals surface area contributed by atoms with Gasteiger partial charge in [-0.2, -0.15) is 0 Å². The van der Waals surface area contributed by atoms with Gasteiger partial charge in [0.25, 0.3) is 5.91 Å². The summed E-state index contributed by atoms with van der Waals surface area (Å²) in [7, 11) is 1.73. The van der Waals surface area contributed by atoms with Gasteiger partial charge in [-0.1, -0.05) is 61.0 Å². The smallest absolute Gasteiger partial charge is 0.251 e. The number of halogens is 1. The number of hydrogen-bond donors (Lipinski definition) is 2. The molecule has 4 aromatic rings. The van der Waals surface area contributed by atoms with Crippen molar-refractivity contribution in [3.8, 4) is 11.1 Å². The van der Waals surface area contributed by atoms with Crippen LogP contribution in [0.2, 0.25) is 5.02 Å². The monoisotopic (exact) mass is 630 g/mol. The van der Waals surface area contributed by atoms with Gasteiger partial charge in [-0.3, -0.25) is 9.59 Å². The molecule has 2 N–H and O–H groups in total. The number of carbonyl (C=O) groups excluding carboxylic acids is 2. The van der Waals surface area contributed by atoms with Crippen LogP contribution < -0.4 is 5.32 Å². The van der Waals surface area contributed by atoms with E-state index in [4.69, 9.17) is 26.4 Å². The van der Waals surface area contributed by atoms with Gasteiger partial charge in [0.1, 0.15) is 5.82 Å². The molecule has 1 aromatic heterocycles. The number of rotatable bonds is 13. The van der Waals surface area contributed by atoms with Crippen LogP contribution in [-0.4, -0.2) is 71.3 Å². The van der Waals surface area contributed by atoms with Crippen LogP contribution in [0.3, 0.4) is 0 Å². The lowest BCUT2D eigenvalue weighted by Crippen LogP contribution is -2.40. The first kappa shape index (κ1) is 32.7. The van der Waals surface area contributed by atoms with Crippen LogP contribution in [0.5, 0.6) is 0 Å². The summed E-state index contributed by atoms with van der Waals surface area (Å²) in [5, 5.41) is 12.1. The quantitative estimate of drug-likeness (QED) is 0.174. The molecule has 1 aliphatic heterocycles. The molecule has 45 heavy (non-hydrogen) atoms. The zero-order chi connectivity index (χ0) is 31.8. The number of ether oxygens (including phenoxy) is 1. The third-order valence-electron chi connectivity index (χ3n) is 8.55. The van der Waals surface area contributed by atoms with Crippen molar-refractivity contribution in [3.63, 3.8) is 0 Å². The second kappa shape index (κ2) is 15.5. The van der Waals surface area contributed by atoms with Gasteiger partial charge in [0.05, 0.1) is 17.6 Å². The first-order valence-corrected chi connectivity index (χ1v) is 16.3. The Balaban J connectivity index is 1.18. The third kappa shape index (κ3) is 8.12. The van der Waals surface area contributed by atoms with E-state index in [0.717, 1.165) is 72.3 Å². The van der Waals surface area contributed by atoms with Crippen LogP contribution in [0.15, 0.2) is 66.7 Å². The Bertz CT molecular complexity index is 1600. The molecule has 2 heterocycles. The number of likely N-dealkylation sites (tertiary alicyclic amines) is 1. The molecular formula is C36H43ClN4O4. The van der Waals surface area contributed by atoms with Crippen LogP contribution in [0.4, 0.5) is 0 Å². The van der Waals surface area contributed by atoms with Gasteiger partial charge in [0.15, 0.2) is 0 Å². The van der Waals surface area contributed by atoms with E-state index in [0.29, 0.717) is 30.2 Å². The van der Waals surface area contributed by atoms with Gasteiger partial charge >= 0.3 is 0 Å². The van der Waals surface area contributed by atoms with E-state index < -0.39 is 0 Å². The Morgan fingerprint density at radius 2 is 1.93 bits per heavy atom. The molecule has 1 saturated heterocycles. The first-order valence-electron chi connectivity index (χ1n) is 15.9. The predicted octanol–water partition coefficient (Wildman–Crippen LogP) is 6.09. The molecule has 1 fully saturated rings. The third-order valence-corrected chi connectivity index (χ3v) is 8.87. The van der Waals surface area contributed by atoms with E-state index in [9.17, 15) is 9.59 Å². The number of aliphatic hydroxyl groups is 1. The average Bonchev–Trinajstić information content (AvgIpc) is 3.42. The molecule has 0 bridgehead atoms. The van der Waals surface area contributed by atoms with Crippen molar-refractivity contribution in [3.05, 3.63) is 88.7 Å². The summed E-state index contributed by atoms with van der Waals surface area (Å²) in [6, 6.07) is 21.7. The Labute approximate surface area is 270 Å². The summed E-state index contributed by atoms with van der Waals surface area (Å²) in [5.74, 6) is 1.44. The first-order chi connectivity index (χ1) is 21.9. The molecule has 3 aromatic carbocycles. The van der Waals surface area contributed by atoms with Crippen molar-refractivity contribution >= 4 is 34.4 Å². The minimum atomic E-state index is -0.269. The number of para-hydroxylation sites is 2. The molecule has 0 saturated carbocycles. The van der Waals surface area contributed by atoms with Crippen LogP contribution >= 0.6 is 11.6 Å². The predicted molar refractivity (Wildman–Crippen MR) is 179 cm³/mol. The highest BCUT2D eigenvalue weighted by Crippen LogP contribution is 2.32. The lowest BCUT2D eigenvalue weighted by atomic mass is 9.93. The van der Waals surface area contributed by atoms with Crippen LogP contribution in [0.25, 0.3) is 22.2 Å². The fraction of sp³-hybridized carbons (Fsp3) is 0.417. The Kier molecular flexibility index (Phi) is 11.3. The maximum Gasteiger partial charge on any atom is 0.251 e. The molecule has 5 rings (SSSR count). The number of carbonyl (C=O) groups is 2. The largest absolute Gasteiger partial charge is 0.395 e. The molecule has 2 amide bonds. The molecule has 0 spiro atoms. The number of benzene rings is 3. The standard InChI is InChI=1S/C36H43ClN4O4/c1-25(21-26-10-12-27(13-11-26)30-15-14-28(23-31(30)37)36(44)38-16-19-42)22-34(43)40-17-5-7-29(24-40)35-39-32-8-3-4-9-33(32)41(35)18-6-20-45-2/h3-4,8-15,23,25,29,42H,5-7,16-22,24H2,1-2H3,(H,38,44)/t25-,29-/m1/s1. The number of nitrogens with one attached hydrogen (secondary N) is 1. The zero-order valence-electron chi connectivity index (χ0n) is 26.2. The highest BCUT2D eigenvalue weighted by molar-refractivity contribution is 6.33. The summed E-state index contributed by atoms with van der Waals surface area (Å²) in [6.45, 7) is 5.27. The van der Waals surface area contributed by atoms with Crippen molar-refractivity contribution in [1.82, 2.24) is 19.8 Å². The molecule has 0 radical (unpaired) electrons. The zero-order valence-corrected chi connectivity index (χ0v) is 26.9. The van der Waals surface area contributed by atoms with E-state index in [1.165, 1.54) is 0 Å². The van der Waals surface area contributed by atoms with Crippen molar-refractivity contribution in [2.45, 2.75) is 51.5 Å². The van der Waals surface area contributed by atoms with Gasteiger partial charge < -0.3 is 24.6 Å². The minimum absolute atomic E-state index is 0.115. The molecule has 9 heteroatoms. The molecule has 238 valence electrons. The number of fused-ring (bicyclic) bond motifs is 1. The molecule has 0 unspecified atom stereocenters. The number of nitrogens with zero attached hydrogens (tertiary/aromatic N) is 3. The normalized spacial score (nSPS) is 15.7. The summed E-state index contributed by atoms with van der Waals surface area (Å²) in [4.78, 5) is 32.7. The lowest BCUT2D eigenvalue weighted by molar-refractivity contribution is -0.133. The molecule has 2 atom stereocenters.